The van der Waals surface area contributed by atoms with E-state index in [0.717, 1.165) is 11.3 Å². The predicted octanol–water partition coefficient (Wildman–Crippen LogP) is 3.58. The van der Waals surface area contributed by atoms with Crippen LogP contribution in [0.5, 0.6) is 5.75 Å². The molecule has 2 aromatic carbocycles. The maximum atomic E-state index is 13.2. The van der Waals surface area contributed by atoms with Gasteiger partial charge in [-0.2, -0.15) is 5.26 Å². The van der Waals surface area contributed by atoms with Gasteiger partial charge in [-0.05, 0) is 48.4 Å². The van der Waals surface area contributed by atoms with Crippen molar-refractivity contribution in [1.29, 1.82) is 5.26 Å². The maximum Gasteiger partial charge on any atom is 0.124 e. The van der Waals surface area contributed by atoms with E-state index in [-0.39, 0.29) is 6.61 Å². The highest BCUT2D eigenvalue weighted by atomic mass is 19.1. The average Bonchev–Trinajstić information content (AvgIpc) is 2.36. The Morgan fingerprint density at radius 3 is 2.78 bits per heavy atom. The predicted molar refractivity (Wildman–Crippen MR) is 66.6 cm³/mol. The third-order valence-corrected chi connectivity index (χ3v) is 2.48. The number of halogens is 1. The van der Waals surface area contributed by atoms with Crippen molar-refractivity contribution < 1.29 is 9.13 Å². The lowest BCUT2D eigenvalue weighted by molar-refractivity contribution is 0.305. The van der Waals surface area contributed by atoms with Crippen molar-refractivity contribution in [3.63, 3.8) is 0 Å². The molecule has 2 rings (SSSR count). The number of hydrogen-bond acceptors (Lipinski definition) is 2. The van der Waals surface area contributed by atoms with E-state index in [2.05, 4.69) is 0 Å². The minimum Gasteiger partial charge on any atom is -0.489 e. The summed E-state index contributed by atoms with van der Waals surface area (Å²) in [7, 11) is 0. The lowest BCUT2D eigenvalue weighted by Crippen LogP contribution is -1.97. The molecule has 0 radical (unpaired) electrons. The van der Waals surface area contributed by atoms with Gasteiger partial charge in [-0.3, -0.25) is 0 Å². The van der Waals surface area contributed by atoms with E-state index in [4.69, 9.17) is 10.00 Å². The summed E-state index contributed by atoms with van der Waals surface area (Å²) in [5.74, 6) is 0.315. The Bertz CT molecular complexity index is 602. The minimum atomic E-state index is -0.420. The quantitative estimate of drug-likeness (QED) is 0.822. The highest BCUT2D eigenvalue weighted by Gasteiger charge is 2.02. The summed E-state index contributed by atoms with van der Waals surface area (Å²) < 4.78 is 18.7. The number of nitrogens with zero attached hydrogens (tertiary/aromatic N) is 1. The van der Waals surface area contributed by atoms with Crippen LogP contribution in [0.15, 0.2) is 42.5 Å². The second kappa shape index (κ2) is 5.33. The third-order valence-electron chi connectivity index (χ3n) is 2.48. The number of ether oxygens (including phenoxy) is 1. The number of benzene rings is 2. The molecule has 0 aliphatic carbocycles. The van der Waals surface area contributed by atoms with E-state index in [9.17, 15) is 4.39 Å². The van der Waals surface area contributed by atoms with Gasteiger partial charge >= 0.3 is 0 Å². The molecule has 18 heavy (non-hydrogen) atoms. The van der Waals surface area contributed by atoms with Crippen molar-refractivity contribution >= 4 is 0 Å². The van der Waals surface area contributed by atoms with Gasteiger partial charge in [0.25, 0.3) is 0 Å². The highest BCUT2D eigenvalue weighted by molar-refractivity contribution is 5.34. The van der Waals surface area contributed by atoms with Crippen LogP contribution in [0.2, 0.25) is 0 Å². The molecule has 0 fully saturated rings. The fraction of sp³-hybridized carbons (Fsp3) is 0.133. The summed E-state index contributed by atoms with van der Waals surface area (Å²) in [6, 6.07) is 13.7. The van der Waals surface area contributed by atoms with Crippen LogP contribution in [0.25, 0.3) is 0 Å². The summed E-state index contributed by atoms with van der Waals surface area (Å²) in [5.41, 5.74) is 2.05. The van der Waals surface area contributed by atoms with Crippen LogP contribution >= 0.6 is 0 Å². The molecule has 0 aliphatic rings. The van der Waals surface area contributed by atoms with Gasteiger partial charge in [-0.25, -0.2) is 4.39 Å². The average molecular weight is 241 g/mol. The minimum absolute atomic E-state index is 0.246. The SMILES string of the molecule is Cc1cccc(OCc2cc(F)cc(C#N)c2)c1. The second-order valence-corrected chi connectivity index (χ2v) is 4.07. The van der Waals surface area contributed by atoms with E-state index in [1.54, 1.807) is 6.07 Å². The molecule has 0 saturated heterocycles. The molecule has 0 spiro atoms. The Balaban J connectivity index is 2.11. The van der Waals surface area contributed by atoms with Gasteiger partial charge in [0.2, 0.25) is 0 Å². The van der Waals surface area contributed by atoms with Crippen LogP contribution < -0.4 is 4.74 Å². The topological polar surface area (TPSA) is 33.0 Å². The molecule has 0 atom stereocenters. The molecule has 0 unspecified atom stereocenters. The first-order valence-corrected chi connectivity index (χ1v) is 5.56. The fourth-order valence-electron chi connectivity index (χ4n) is 1.67. The van der Waals surface area contributed by atoms with Crippen molar-refractivity contribution in [3.05, 3.63) is 65.0 Å². The summed E-state index contributed by atoms with van der Waals surface area (Å²) in [4.78, 5) is 0. The molecule has 0 aromatic heterocycles. The summed E-state index contributed by atoms with van der Waals surface area (Å²) in [6.45, 7) is 2.22. The molecule has 2 nitrogen and oxygen atoms in total. The zero-order chi connectivity index (χ0) is 13.0. The van der Waals surface area contributed by atoms with Crippen LogP contribution in [-0.4, -0.2) is 0 Å². The lowest BCUT2D eigenvalue weighted by atomic mass is 10.1. The van der Waals surface area contributed by atoms with E-state index in [0.29, 0.717) is 11.1 Å². The Morgan fingerprint density at radius 2 is 2.06 bits per heavy atom. The van der Waals surface area contributed by atoms with E-state index in [1.165, 1.54) is 12.1 Å². The van der Waals surface area contributed by atoms with Crippen molar-refractivity contribution in [2.75, 3.05) is 0 Å². The smallest absolute Gasteiger partial charge is 0.124 e. The fourth-order valence-corrected chi connectivity index (χ4v) is 1.67. The first kappa shape index (κ1) is 12.1. The number of aryl methyl sites for hydroxylation is 1. The van der Waals surface area contributed by atoms with Gasteiger partial charge in [-0.15, -0.1) is 0 Å². The van der Waals surface area contributed by atoms with Crippen molar-refractivity contribution in [3.8, 4) is 11.8 Å². The van der Waals surface area contributed by atoms with E-state index in [1.807, 2.05) is 37.3 Å². The molecular weight excluding hydrogens is 229 g/mol. The molecule has 90 valence electrons. The first-order valence-electron chi connectivity index (χ1n) is 5.56. The largest absolute Gasteiger partial charge is 0.489 e. The van der Waals surface area contributed by atoms with Gasteiger partial charge in [0.15, 0.2) is 0 Å². The highest BCUT2D eigenvalue weighted by Crippen LogP contribution is 2.15. The first-order chi connectivity index (χ1) is 8.67. The molecule has 0 bridgehead atoms. The number of rotatable bonds is 3. The molecule has 0 N–H and O–H groups in total. The molecule has 0 amide bonds. The standard InChI is InChI=1S/C15H12FNO/c1-11-3-2-4-15(5-11)18-10-13-6-12(9-17)7-14(16)8-13/h2-8H,10H2,1H3. The van der Waals surface area contributed by atoms with Crippen LogP contribution in [0.3, 0.4) is 0 Å². The van der Waals surface area contributed by atoms with E-state index < -0.39 is 5.82 Å². The monoisotopic (exact) mass is 241 g/mol. The lowest BCUT2D eigenvalue weighted by Gasteiger charge is -2.07. The van der Waals surface area contributed by atoms with Crippen molar-refractivity contribution in [2.45, 2.75) is 13.5 Å². The molecule has 0 saturated carbocycles. The second-order valence-electron chi connectivity index (χ2n) is 4.07. The summed E-state index contributed by atoms with van der Waals surface area (Å²) >= 11 is 0. The maximum absolute atomic E-state index is 13.2. The van der Waals surface area contributed by atoms with Crippen molar-refractivity contribution in [1.82, 2.24) is 0 Å². The molecule has 2 aromatic rings. The third kappa shape index (κ3) is 3.08. The van der Waals surface area contributed by atoms with Crippen LogP contribution in [-0.2, 0) is 6.61 Å². The van der Waals surface area contributed by atoms with Gasteiger partial charge in [0.05, 0.1) is 11.6 Å². The van der Waals surface area contributed by atoms with Gasteiger partial charge in [0.1, 0.15) is 18.2 Å². The van der Waals surface area contributed by atoms with Crippen LogP contribution in [0.4, 0.5) is 4.39 Å². The van der Waals surface area contributed by atoms with Crippen LogP contribution in [0.1, 0.15) is 16.7 Å². The number of nitriles is 1. The normalized spacial score (nSPS) is 9.83. The Morgan fingerprint density at radius 1 is 1.22 bits per heavy atom. The molecule has 3 heteroatoms. The van der Waals surface area contributed by atoms with Crippen molar-refractivity contribution in [2.24, 2.45) is 0 Å². The zero-order valence-corrected chi connectivity index (χ0v) is 9.98. The molecule has 0 heterocycles. The summed E-state index contributed by atoms with van der Waals surface area (Å²) in [5, 5.41) is 8.75. The molecular formula is C15H12FNO. The van der Waals surface area contributed by atoms with Gasteiger partial charge < -0.3 is 4.74 Å². The van der Waals surface area contributed by atoms with Gasteiger partial charge in [-0.1, -0.05) is 12.1 Å². The van der Waals surface area contributed by atoms with E-state index >= 15 is 0 Å². The summed E-state index contributed by atoms with van der Waals surface area (Å²) in [6.07, 6.45) is 0. The Kier molecular flexibility index (Phi) is 3.59. The Labute approximate surface area is 105 Å². The Hall–Kier alpha value is -2.34. The van der Waals surface area contributed by atoms with Gasteiger partial charge in [0, 0.05) is 0 Å². The van der Waals surface area contributed by atoms with Crippen LogP contribution in [0, 0.1) is 24.1 Å². The zero-order valence-electron chi connectivity index (χ0n) is 9.98. The molecule has 0 aliphatic heterocycles. The number of hydrogen-bond donors (Lipinski definition) is 0.